The molecule has 1 heterocycles. The fourth-order valence-electron chi connectivity index (χ4n) is 2.02. The number of carbonyl (C=O) groups is 1. The quantitative estimate of drug-likeness (QED) is 0.874. The zero-order chi connectivity index (χ0) is 12.8. The van der Waals surface area contributed by atoms with E-state index in [-0.39, 0.29) is 24.4 Å². The molecule has 1 amide bonds. The van der Waals surface area contributed by atoms with E-state index in [1.165, 1.54) is 0 Å². The Bertz CT molecular complexity index is 406. The smallest absolute Gasteiger partial charge is 0.241 e. The van der Waals surface area contributed by atoms with Gasteiger partial charge in [0.2, 0.25) is 5.91 Å². The van der Waals surface area contributed by atoms with Gasteiger partial charge in [0.25, 0.3) is 0 Å². The van der Waals surface area contributed by atoms with E-state index < -0.39 is 0 Å². The van der Waals surface area contributed by atoms with Crippen LogP contribution in [0, 0.1) is 0 Å². The summed E-state index contributed by atoms with van der Waals surface area (Å²) in [6.45, 7) is 3.69. The third-order valence-corrected chi connectivity index (χ3v) is 2.95. The van der Waals surface area contributed by atoms with Crippen LogP contribution in [0.15, 0.2) is 24.3 Å². The lowest BCUT2D eigenvalue weighted by Crippen LogP contribution is -2.35. The number of carbonyl (C=O) groups excluding carboxylic acids is 1. The molecule has 0 saturated carbocycles. The fourth-order valence-corrected chi connectivity index (χ4v) is 2.02. The molecular weight excluding hydrogens is 264 g/mol. The molecule has 0 aliphatic carbocycles. The number of nitrogens with one attached hydrogen (secondary N) is 2. The molecule has 1 fully saturated rings. The number of amides is 1. The third-order valence-electron chi connectivity index (χ3n) is 2.95. The molecule has 0 bridgehead atoms. The van der Waals surface area contributed by atoms with Crippen LogP contribution in [0.4, 0.5) is 5.69 Å². The summed E-state index contributed by atoms with van der Waals surface area (Å²) >= 11 is 0. The van der Waals surface area contributed by atoms with Gasteiger partial charge in [0.15, 0.2) is 0 Å². The second-order valence-electron chi connectivity index (χ2n) is 4.51. The van der Waals surface area contributed by atoms with Crippen molar-refractivity contribution in [3.8, 4) is 5.75 Å². The summed E-state index contributed by atoms with van der Waals surface area (Å²) in [6, 6.07) is 7.49. The normalized spacial score (nSPS) is 17.6. The molecule has 1 aliphatic rings. The molecule has 1 aromatic carbocycles. The van der Waals surface area contributed by atoms with Crippen LogP contribution in [-0.2, 0) is 4.79 Å². The van der Waals surface area contributed by atoms with E-state index in [0.717, 1.165) is 37.2 Å². The van der Waals surface area contributed by atoms with E-state index in [2.05, 4.69) is 17.6 Å². The van der Waals surface area contributed by atoms with Crippen molar-refractivity contribution < 1.29 is 9.53 Å². The van der Waals surface area contributed by atoms with Crippen molar-refractivity contribution in [2.45, 2.75) is 32.2 Å². The molecule has 4 nitrogen and oxygen atoms in total. The molecule has 0 unspecified atom stereocenters. The lowest BCUT2D eigenvalue weighted by atomic mass is 10.2. The van der Waals surface area contributed by atoms with Crippen LogP contribution in [0.1, 0.15) is 26.2 Å². The minimum atomic E-state index is -0.0507. The highest BCUT2D eigenvalue weighted by Gasteiger charge is 2.21. The van der Waals surface area contributed by atoms with E-state index in [1.807, 2.05) is 24.3 Å². The molecule has 19 heavy (non-hydrogen) atoms. The van der Waals surface area contributed by atoms with Gasteiger partial charge in [-0.2, -0.15) is 0 Å². The molecular formula is C14H21ClN2O2. The molecule has 0 spiro atoms. The fraction of sp³-hybridized carbons (Fsp3) is 0.500. The summed E-state index contributed by atoms with van der Waals surface area (Å²) in [4.78, 5) is 11.9. The summed E-state index contributed by atoms with van der Waals surface area (Å²) < 4.78 is 5.54. The molecule has 1 atom stereocenters. The SMILES string of the molecule is CCCOc1cccc(NC(=O)[C@@H]2CCCN2)c1.Cl. The lowest BCUT2D eigenvalue weighted by Gasteiger charge is -2.12. The molecule has 106 valence electrons. The summed E-state index contributed by atoms with van der Waals surface area (Å²) in [5, 5.41) is 6.10. The van der Waals surface area contributed by atoms with Crippen molar-refractivity contribution in [1.29, 1.82) is 0 Å². The van der Waals surface area contributed by atoms with Gasteiger partial charge < -0.3 is 15.4 Å². The largest absolute Gasteiger partial charge is 0.494 e. The van der Waals surface area contributed by atoms with Crippen molar-refractivity contribution in [3.05, 3.63) is 24.3 Å². The Morgan fingerprint density at radius 3 is 3.05 bits per heavy atom. The molecule has 1 aliphatic heterocycles. The molecule has 2 N–H and O–H groups in total. The summed E-state index contributed by atoms with van der Waals surface area (Å²) in [5.74, 6) is 0.842. The minimum absolute atomic E-state index is 0. The number of benzene rings is 1. The highest BCUT2D eigenvalue weighted by atomic mass is 35.5. The van der Waals surface area contributed by atoms with Crippen LogP contribution in [0.3, 0.4) is 0 Å². The molecule has 1 saturated heterocycles. The van der Waals surface area contributed by atoms with E-state index in [0.29, 0.717) is 6.61 Å². The van der Waals surface area contributed by atoms with Crippen molar-refractivity contribution in [3.63, 3.8) is 0 Å². The zero-order valence-electron chi connectivity index (χ0n) is 11.1. The van der Waals surface area contributed by atoms with Crippen LogP contribution in [0.25, 0.3) is 0 Å². The molecule has 1 aromatic rings. The van der Waals surface area contributed by atoms with Crippen LogP contribution in [-0.4, -0.2) is 25.1 Å². The number of hydrogen-bond acceptors (Lipinski definition) is 3. The number of anilines is 1. The Morgan fingerprint density at radius 1 is 1.53 bits per heavy atom. The van der Waals surface area contributed by atoms with E-state index in [4.69, 9.17) is 4.74 Å². The number of halogens is 1. The van der Waals surface area contributed by atoms with E-state index in [9.17, 15) is 4.79 Å². The van der Waals surface area contributed by atoms with E-state index >= 15 is 0 Å². The van der Waals surface area contributed by atoms with Gasteiger partial charge in [-0.3, -0.25) is 4.79 Å². The highest BCUT2D eigenvalue weighted by molar-refractivity contribution is 5.95. The van der Waals surface area contributed by atoms with Crippen molar-refractivity contribution in [2.75, 3.05) is 18.5 Å². The van der Waals surface area contributed by atoms with Gasteiger partial charge in [0.1, 0.15) is 5.75 Å². The minimum Gasteiger partial charge on any atom is -0.494 e. The first kappa shape index (κ1) is 15.8. The standard InChI is InChI=1S/C14H20N2O2.ClH/c1-2-9-18-12-6-3-5-11(10-12)16-14(17)13-7-4-8-15-13;/h3,5-6,10,13,15H,2,4,7-9H2,1H3,(H,16,17);1H/t13-;/m0./s1. The van der Waals surface area contributed by atoms with Crippen LogP contribution < -0.4 is 15.4 Å². The van der Waals surface area contributed by atoms with E-state index in [1.54, 1.807) is 0 Å². The molecule has 0 radical (unpaired) electrons. The highest BCUT2D eigenvalue weighted by Crippen LogP contribution is 2.18. The first-order chi connectivity index (χ1) is 8.79. The Balaban J connectivity index is 0.00000180. The predicted octanol–water partition coefficient (Wildman–Crippen LogP) is 2.59. The van der Waals surface area contributed by atoms with Gasteiger partial charge in [-0.25, -0.2) is 0 Å². The van der Waals surface area contributed by atoms with Gasteiger partial charge >= 0.3 is 0 Å². The maximum absolute atomic E-state index is 11.9. The van der Waals surface area contributed by atoms with Crippen molar-refractivity contribution in [1.82, 2.24) is 5.32 Å². The first-order valence-corrected chi connectivity index (χ1v) is 6.56. The van der Waals surface area contributed by atoms with Crippen molar-refractivity contribution >= 4 is 24.0 Å². The maximum Gasteiger partial charge on any atom is 0.241 e. The monoisotopic (exact) mass is 284 g/mol. The third kappa shape index (κ3) is 4.73. The Morgan fingerprint density at radius 2 is 2.37 bits per heavy atom. The number of rotatable bonds is 5. The number of ether oxygens (including phenoxy) is 1. The van der Waals surface area contributed by atoms with Crippen molar-refractivity contribution in [2.24, 2.45) is 0 Å². The maximum atomic E-state index is 11.9. The van der Waals surface area contributed by atoms with Crippen LogP contribution >= 0.6 is 12.4 Å². The molecule has 5 heteroatoms. The van der Waals surface area contributed by atoms with Gasteiger partial charge in [0.05, 0.1) is 12.6 Å². The van der Waals surface area contributed by atoms with Crippen LogP contribution in [0.5, 0.6) is 5.75 Å². The summed E-state index contributed by atoms with van der Waals surface area (Å²) in [5.41, 5.74) is 0.794. The van der Waals surface area contributed by atoms with Gasteiger partial charge in [-0.15, -0.1) is 12.4 Å². The Labute approximate surface area is 120 Å². The topological polar surface area (TPSA) is 50.4 Å². The second kappa shape index (κ2) is 8.02. The average molecular weight is 285 g/mol. The van der Waals surface area contributed by atoms with Gasteiger partial charge in [0, 0.05) is 11.8 Å². The van der Waals surface area contributed by atoms with Gasteiger partial charge in [-0.05, 0) is 37.9 Å². The lowest BCUT2D eigenvalue weighted by molar-refractivity contribution is -0.117. The zero-order valence-corrected chi connectivity index (χ0v) is 12.0. The number of hydrogen-bond donors (Lipinski definition) is 2. The average Bonchev–Trinajstić information content (AvgIpc) is 2.91. The Hall–Kier alpha value is -1.26. The van der Waals surface area contributed by atoms with Gasteiger partial charge in [-0.1, -0.05) is 13.0 Å². The summed E-state index contributed by atoms with van der Waals surface area (Å²) in [7, 11) is 0. The molecule has 0 aromatic heterocycles. The Kier molecular flexibility index (Phi) is 6.67. The first-order valence-electron chi connectivity index (χ1n) is 6.56. The summed E-state index contributed by atoms with van der Waals surface area (Å²) in [6.07, 6.45) is 2.96. The predicted molar refractivity (Wildman–Crippen MR) is 79.1 cm³/mol. The molecule has 2 rings (SSSR count). The second-order valence-corrected chi connectivity index (χ2v) is 4.51. The van der Waals surface area contributed by atoms with Crippen LogP contribution in [0.2, 0.25) is 0 Å².